The van der Waals surface area contributed by atoms with Gasteiger partial charge in [0.05, 0.1) is 17.3 Å². The summed E-state index contributed by atoms with van der Waals surface area (Å²) in [5, 5.41) is 13.5. The number of aliphatic hydroxyl groups is 1. The van der Waals surface area contributed by atoms with Crippen LogP contribution < -0.4 is 0 Å². The summed E-state index contributed by atoms with van der Waals surface area (Å²) in [7, 11) is 0. The zero-order chi connectivity index (χ0) is 19.2. The minimum Gasteiger partial charge on any atom is -0.449 e. The number of aromatic nitrogens is 2. The number of ether oxygens (including phenoxy) is 1. The SMILES string of the molecule is CCCCOC(=O)N1CC=C(c2ncc(-c3cc(CO)on3)cc2Cl)CC1. The van der Waals surface area contributed by atoms with Crippen molar-refractivity contribution < 1.29 is 19.2 Å². The van der Waals surface area contributed by atoms with Gasteiger partial charge in [-0.2, -0.15) is 0 Å². The lowest BCUT2D eigenvalue weighted by atomic mass is 10.0. The van der Waals surface area contributed by atoms with E-state index in [1.165, 1.54) is 0 Å². The Morgan fingerprint density at radius 1 is 1.44 bits per heavy atom. The fourth-order valence-electron chi connectivity index (χ4n) is 2.78. The summed E-state index contributed by atoms with van der Waals surface area (Å²) in [5.74, 6) is 0.381. The molecule has 1 N–H and O–H groups in total. The van der Waals surface area contributed by atoms with Gasteiger partial charge >= 0.3 is 6.09 Å². The molecule has 0 bridgehead atoms. The highest BCUT2D eigenvalue weighted by atomic mass is 35.5. The first kappa shape index (κ1) is 19.4. The van der Waals surface area contributed by atoms with Crippen LogP contribution in [0.4, 0.5) is 4.79 Å². The number of amides is 1. The van der Waals surface area contributed by atoms with Gasteiger partial charge in [0.25, 0.3) is 0 Å². The van der Waals surface area contributed by atoms with Crippen molar-refractivity contribution in [1.29, 1.82) is 0 Å². The summed E-state index contributed by atoms with van der Waals surface area (Å²) in [5.41, 5.74) is 2.98. The third-order valence-electron chi connectivity index (χ3n) is 4.35. The summed E-state index contributed by atoms with van der Waals surface area (Å²) in [6.07, 6.45) is 5.88. The van der Waals surface area contributed by atoms with Crippen molar-refractivity contribution >= 4 is 23.3 Å². The van der Waals surface area contributed by atoms with Crippen LogP contribution in [0.1, 0.15) is 37.6 Å². The molecule has 7 nitrogen and oxygen atoms in total. The van der Waals surface area contributed by atoms with Crippen molar-refractivity contribution in [2.75, 3.05) is 19.7 Å². The number of hydrogen-bond acceptors (Lipinski definition) is 6. The second-order valence-corrected chi connectivity index (χ2v) is 6.69. The predicted molar refractivity (Wildman–Crippen MR) is 101 cm³/mol. The Morgan fingerprint density at radius 3 is 2.93 bits per heavy atom. The summed E-state index contributed by atoms with van der Waals surface area (Å²) in [6.45, 7) is 3.34. The molecule has 0 unspecified atom stereocenters. The number of hydrogen-bond donors (Lipinski definition) is 1. The van der Waals surface area contributed by atoms with E-state index in [4.69, 9.17) is 26.0 Å². The van der Waals surface area contributed by atoms with Crippen LogP contribution in [0.2, 0.25) is 5.02 Å². The van der Waals surface area contributed by atoms with Crippen molar-refractivity contribution in [3.63, 3.8) is 0 Å². The van der Waals surface area contributed by atoms with Crippen LogP contribution in [0.15, 0.2) is 28.9 Å². The molecular formula is C19H22ClN3O4. The van der Waals surface area contributed by atoms with E-state index in [1.54, 1.807) is 23.2 Å². The highest BCUT2D eigenvalue weighted by Crippen LogP contribution is 2.30. The van der Waals surface area contributed by atoms with Gasteiger partial charge in [-0.15, -0.1) is 0 Å². The van der Waals surface area contributed by atoms with Gasteiger partial charge in [0.15, 0.2) is 5.76 Å². The lowest BCUT2D eigenvalue weighted by Crippen LogP contribution is -2.35. The number of halogens is 1. The topological polar surface area (TPSA) is 88.7 Å². The van der Waals surface area contributed by atoms with Gasteiger partial charge in [0, 0.05) is 30.9 Å². The molecular weight excluding hydrogens is 370 g/mol. The van der Waals surface area contributed by atoms with Crippen molar-refractivity contribution in [3.8, 4) is 11.3 Å². The molecule has 3 heterocycles. The Kier molecular flexibility index (Phi) is 6.47. The predicted octanol–water partition coefficient (Wildman–Crippen LogP) is 3.91. The molecule has 1 aliphatic heterocycles. The van der Waals surface area contributed by atoms with Crippen LogP contribution in [0, 0.1) is 0 Å². The van der Waals surface area contributed by atoms with Gasteiger partial charge in [0.2, 0.25) is 0 Å². The molecule has 0 aromatic carbocycles. The van der Waals surface area contributed by atoms with Crippen LogP contribution in [0.25, 0.3) is 16.8 Å². The molecule has 0 saturated carbocycles. The Hall–Kier alpha value is -2.38. The number of unbranched alkanes of at least 4 members (excludes halogenated alkanes) is 1. The lowest BCUT2D eigenvalue weighted by Gasteiger charge is -2.26. The molecule has 8 heteroatoms. The highest BCUT2D eigenvalue weighted by molar-refractivity contribution is 6.32. The Balaban J connectivity index is 1.67. The van der Waals surface area contributed by atoms with Gasteiger partial charge in [-0.3, -0.25) is 4.98 Å². The lowest BCUT2D eigenvalue weighted by molar-refractivity contribution is 0.105. The normalized spacial score (nSPS) is 14.2. The standard InChI is InChI=1S/C19H22ClN3O4/c1-2-3-8-26-19(25)23-6-4-13(5-7-23)18-16(20)9-14(11-21-18)17-10-15(12-24)27-22-17/h4,9-11,24H,2-3,5-8,12H2,1H3. The minimum atomic E-state index is -0.279. The maximum atomic E-state index is 12.0. The zero-order valence-corrected chi connectivity index (χ0v) is 15.9. The van der Waals surface area contributed by atoms with E-state index >= 15 is 0 Å². The first-order valence-electron chi connectivity index (χ1n) is 8.95. The fraction of sp³-hybridized carbons (Fsp3) is 0.421. The van der Waals surface area contributed by atoms with Crippen molar-refractivity contribution in [2.24, 2.45) is 0 Å². The third kappa shape index (κ3) is 4.67. The zero-order valence-electron chi connectivity index (χ0n) is 15.2. The van der Waals surface area contributed by atoms with Gasteiger partial charge in [-0.25, -0.2) is 4.79 Å². The first-order valence-corrected chi connectivity index (χ1v) is 9.33. The maximum Gasteiger partial charge on any atom is 0.410 e. The van der Waals surface area contributed by atoms with Gasteiger partial charge in [-0.1, -0.05) is 36.2 Å². The van der Waals surface area contributed by atoms with Crippen LogP contribution in [-0.4, -0.2) is 45.9 Å². The van der Waals surface area contributed by atoms with Crippen LogP contribution in [0.3, 0.4) is 0 Å². The summed E-state index contributed by atoms with van der Waals surface area (Å²) < 4.78 is 10.2. The molecule has 0 radical (unpaired) electrons. The van der Waals surface area contributed by atoms with Crippen LogP contribution in [-0.2, 0) is 11.3 Å². The minimum absolute atomic E-state index is 0.212. The Morgan fingerprint density at radius 2 is 2.30 bits per heavy atom. The van der Waals surface area contributed by atoms with Crippen molar-refractivity contribution in [2.45, 2.75) is 32.8 Å². The second kappa shape index (κ2) is 9.01. The summed E-state index contributed by atoms with van der Waals surface area (Å²) in [4.78, 5) is 18.1. The number of pyridine rings is 1. The summed E-state index contributed by atoms with van der Waals surface area (Å²) in [6, 6.07) is 3.42. The molecule has 0 aliphatic carbocycles. The molecule has 27 heavy (non-hydrogen) atoms. The quantitative estimate of drug-likeness (QED) is 0.751. The average Bonchev–Trinajstić information content (AvgIpc) is 3.17. The molecule has 2 aromatic rings. The Bertz CT molecular complexity index is 834. The second-order valence-electron chi connectivity index (χ2n) is 6.28. The molecule has 0 saturated heterocycles. The number of carbonyl (C=O) groups is 1. The summed E-state index contributed by atoms with van der Waals surface area (Å²) >= 11 is 6.42. The van der Waals surface area contributed by atoms with E-state index in [0.29, 0.717) is 53.9 Å². The maximum absolute atomic E-state index is 12.0. The van der Waals surface area contributed by atoms with E-state index < -0.39 is 0 Å². The number of nitrogens with zero attached hydrogens (tertiary/aromatic N) is 3. The number of aliphatic hydroxyl groups excluding tert-OH is 1. The fourth-order valence-corrected chi connectivity index (χ4v) is 3.07. The molecule has 144 valence electrons. The van der Waals surface area contributed by atoms with Gasteiger partial charge < -0.3 is 19.3 Å². The van der Waals surface area contributed by atoms with E-state index in [-0.39, 0.29) is 12.7 Å². The van der Waals surface area contributed by atoms with Crippen LogP contribution >= 0.6 is 11.6 Å². The van der Waals surface area contributed by atoms with Crippen molar-refractivity contribution in [1.82, 2.24) is 15.0 Å². The van der Waals surface area contributed by atoms with E-state index in [9.17, 15) is 4.79 Å². The number of rotatable bonds is 6. The molecule has 0 spiro atoms. The van der Waals surface area contributed by atoms with E-state index in [2.05, 4.69) is 17.1 Å². The molecule has 0 atom stereocenters. The van der Waals surface area contributed by atoms with E-state index in [1.807, 2.05) is 6.08 Å². The Labute approximate surface area is 162 Å². The number of carbonyl (C=O) groups excluding carboxylic acids is 1. The van der Waals surface area contributed by atoms with Crippen molar-refractivity contribution in [3.05, 3.63) is 40.9 Å². The molecule has 1 amide bonds. The molecule has 1 aliphatic rings. The largest absolute Gasteiger partial charge is 0.449 e. The third-order valence-corrected chi connectivity index (χ3v) is 4.63. The van der Waals surface area contributed by atoms with Crippen LogP contribution in [0.5, 0.6) is 0 Å². The van der Waals surface area contributed by atoms with Gasteiger partial charge in [-0.05, 0) is 24.5 Å². The molecule has 3 rings (SSSR count). The smallest absolute Gasteiger partial charge is 0.410 e. The van der Waals surface area contributed by atoms with E-state index in [0.717, 1.165) is 18.4 Å². The molecule has 2 aromatic heterocycles. The highest BCUT2D eigenvalue weighted by Gasteiger charge is 2.21. The molecule has 0 fully saturated rings. The first-order chi connectivity index (χ1) is 13.1. The monoisotopic (exact) mass is 391 g/mol. The average molecular weight is 392 g/mol. The van der Waals surface area contributed by atoms with Gasteiger partial charge in [0.1, 0.15) is 12.3 Å².